The molecule has 17 heavy (non-hydrogen) atoms. The monoisotopic (exact) mass is 238 g/mol. The van der Waals surface area contributed by atoms with Gasteiger partial charge >= 0.3 is 0 Å². The second-order valence-corrected chi connectivity index (χ2v) is 3.68. The number of nitrogens with two attached hydrogens (primary N) is 2. The molecule has 0 radical (unpaired) electrons. The van der Waals surface area contributed by atoms with E-state index in [1.807, 2.05) is 13.8 Å². The normalized spacial score (nSPS) is 12.1. The number of aromatic nitrogens is 1. The maximum Gasteiger partial charge on any atom is 0.252 e. The van der Waals surface area contributed by atoms with Crippen LogP contribution in [0.25, 0.3) is 0 Å². The molecule has 0 bridgehead atoms. The van der Waals surface area contributed by atoms with E-state index in [1.54, 1.807) is 0 Å². The molecular formula is C11H18N4O2. The minimum Gasteiger partial charge on any atom is -0.397 e. The highest BCUT2D eigenvalue weighted by Crippen LogP contribution is 2.14. The van der Waals surface area contributed by atoms with E-state index in [1.165, 1.54) is 12.3 Å². The number of pyridine rings is 1. The fraction of sp³-hybridized carbons (Fsp3) is 0.455. The van der Waals surface area contributed by atoms with Gasteiger partial charge in [0, 0.05) is 13.2 Å². The number of nitrogens with zero attached hydrogens (tertiary/aromatic N) is 1. The summed E-state index contributed by atoms with van der Waals surface area (Å²) in [5.74, 6) is -0.130. The van der Waals surface area contributed by atoms with Crippen LogP contribution in [-0.4, -0.2) is 30.1 Å². The number of carbonyl (C=O) groups excluding carboxylic acids is 1. The molecule has 1 aromatic heterocycles. The van der Waals surface area contributed by atoms with Gasteiger partial charge in [0.25, 0.3) is 5.91 Å². The predicted octanol–water partition coefficient (Wildman–Crippen LogP) is 0.600. The van der Waals surface area contributed by atoms with Crippen molar-refractivity contribution < 1.29 is 9.53 Å². The highest BCUT2D eigenvalue weighted by molar-refractivity contribution is 5.98. The Hall–Kier alpha value is -1.82. The largest absolute Gasteiger partial charge is 0.397 e. The number of hydrogen-bond donors (Lipinski definition) is 3. The molecule has 0 aromatic carbocycles. The molecule has 6 nitrogen and oxygen atoms in total. The Morgan fingerprint density at radius 1 is 1.65 bits per heavy atom. The highest BCUT2D eigenvalue weighted by atomic mass is 16.5. The standard InChI is InChI=1S/C11H18N4O2/c1-3-17-7(2)5-14-11-9(10(13)16)4-8(12)6-15-11/h4,6-7H,3,5,12H2,1-2H3,(H2,13,16)(H,14,15). The van der Waals surface area contributed by atoms with Gasteiger partial charge in [0.1, 0.15) is 5.82 Å². The third-order valence-corrected chi connectivity index (χ3v) is 2.18. The lowest BCUT2D eigenvalue weighted by atomic mass is 10.2. The minimum atomic E-state index is -0.559. The predicted molar refractivity (Wildman–Crippen MR) is 66.7 cm³/mol. The summed E-state index contributed by atoms with van der Waals surface area (Å²) in [7, 11) is 0. The zero-order valence-corrected chi connectivity index (χ0v) is 10.1. The zero-order valence-electron chi connectivity index (χ0n) is 10.1. The van der Waals surface area contributed by atoms with Gasteiger partial charge < -0.3 is 21.5 Å². The second kappa shape index (κ2) is 6.05. The van der Waals surface area contributed by atoms with E-state index in [0.29, 0.717) is 24.7 Å². The molecule has 94 valence electrons. The number of rotatable bonds is 6. The number of carbonyl (C=O) groups is 1. The first kappa shape index (κ1) is 13.2. The topological polar surface area (TPSA) is 103 Å². The van der Waals surface area contributed by atoms with E-state index in [2.05, 4.69) is 10.3 Å². The minimum absolute atomic E-state index is 0.0279. The van der Waals surface area contributed by atoms with Crippen molar-refractivity contribution in [3.63, 3.8) is 0 Å². The molecule has 1 aromatic rings. The van der Waals surface area contributed by atoms with Crippen molar-refractivity contribution in [3.05, 3.63) is 17.8 Å². The molecule has 0 aliphatic carbocycles. The number of anilines is 2. The first-order valence-corrected chi connectivity index (χ1v) is 5.45. The Morgan fingerprint density at radius 2 is 2.35 bits per heavy atom. The summed E-state index contributed by atoms with van der Waals surface area (Å²) < 4.78 is 5.36. The van der Waals surface area contributed by atoms with Gasteiger partial charge in [-0.2, -0.15) is 0 Å². The maximum absolute atomic E-state index is 11.2. The van der Waals surface area contributed by atoms with Crippen LogP contribution in [0.1, 0.15) is 24.2 Å². The number of ether oxygens (including phenoxy) is 1. The molecule has 1 amide bonds. The lowest BCUT2D eigenvalue weighted by Crippen LogP contribution is -2.23. The first-order valence-electron chi connectivity index (χ1n) is 5.45. The summed E-state index contributed by atoms with van der Waals surface area (Å²) >= 11 is 0. The van der Waals surface area contributed by atoms with Gasteiger partial charge in [-0.1, -0.05) is 0 Å². The van der Waals surface area contributed by atoms with Crippen molar-refractivity contribution in [3.8, 4) is 0 Å². The van der Waals surface area contributed by atoms with Crippen LogP contribution in [0.2, 0.25) is 0 Å². The van der Waals surface area contributed by atoms with Crippen molar-refractivity contribution >= 4 is 17.4 Å². The van der Waals surface area contributed by atoms with Gasteiger partial charge in [-0.15, -0.1) is 0 Å². The summed E-state index contributed by atoms with van der Waals surface area (Å²) in [6.07, 6.45) is 1.50. The summed E-state index contributed by atoms with van der Waals surface area (Å²) in [6.45, 7) is 5.04. The summed E-state index contributed by atoms with van der Waals surface area (Å²) in [6, 6.07) is 1.50. The van der Waals surface area contributed by atoms with Crippen LogP contribution in [0, 0.1) is 0 Å². The third-order valence-electron chi connectivity index (χ3n) is 2.18. The number of nitrogens with one attached hydrogen (secondary N) is 1. The Bertz CT molecular complexity index is 395. The van der Waals surface area contributed by atoms with Crippen molar-refractivity contribution in [2.45, 2.75) is 20.0 Å². The van der Waals surface area contributed by atoms with Crippen LogP contribution in [0.3, 0.4) is 0 Å². The molecule has 5 N–H and O–H groups in total. The SMILES string of the molecule is CCOC(C)CNc1ncc(N)cc1C(N)=O. The van der Waals surface area contributed by atoms with E-state index < -0.39 is 5.91 Å². The average molecular weight is 238 g/mol. The van der Waals surface area contributed by atoms with Crippen LogP contribution in [-0.2, 0) is 4.74 Å². The van der Waals surface area contributed by atoms with E-state index in [-0.39, 0.29) is 11.7 Å². The fourth-order valence-corrected chi connectivity index (χ4v) is 1.39. The summed E-state index contributed by atoms with van der Waals surface area (Å²) in [4.78, 5) is 15.2. The molecule has 0 aliphatic heterocycles. The Morgan fingerprint density at radius 3 is 2.94 bits per heavy atom. The van der Waals surface area contributed by atoms with E-state index in [0.717, 1.165) is 0 Å². The van der Waals surface area contributed by atoms with Crippen LogP contribution >= 0.6 is 0 Å². The molecule has 1 atom stereocenters. The summed E-state index contributed by atoms with van der Waals surface area (Å²) in [5, 5.41) is 3.01. The molecule has 1 unspecified atom stereocenters. The number of nitrogen functional groups attached to an aromatic ring is 1. The van der Waals surface area contributed by atoms with Gasteiger partial charge in [-0.25, -0.2) is 4.98 Å². The van der Waals surface area contributed by atoms with Crippen molar-refractivity contribution in [1.29, 1.82) is 0 Å². The quantitative estimate of drug-likeness (QED) is 0.673. The van der Waals surface area contributed by atoms with E-state index in [4.69, 9.17) is 16.2 Å². The van der Waals surface area contributed by atoms with E-state index in [9.17, 15) is 4.79 Å². The summed E-state index contributed by atoms with van der Waals surface area (Å²) in [5.41, 5.74) is 11.5. The van der Waals surface area contributed by atoms with Crippen LogP contribution < -0.4 is 16.8 Å². The Labute approximate surface area is 100 Å². The van der Waals surface area contributed by atoms with Gasteiger partial charge in [0.2, 0.25) is 0 Å². The molecule has 6 heteroatoms. The lowest BCUT2D eigenvalue weighted by molar-refractivity contribution is 0.0853. The van der Waals surface area contributed by atoms with Crippen molar-refractivity contribution in [2.24, 2.45) is 5.73 Å². The smallest absolute Gasteiger partial charge is 0.252 e. The van der Waals surface area contributed by atoms with E-state index >= 15 is 0 Å². The number of amides is 1. The van der Waals surface area contributed by atoms with Crippen LogP contribution in [0.4, 0.5) is 11.5 Å². The molecular weight excluding hydrogens is 220 g/mol. The number of primary amides is 1. The zero-order chi connectivity index (χ0) is 12.8. The van der Waals surface area contributed by atoms with Gasteiger partial charge in [0.15, 0.2) is 0 Å². The Kier molecular flexibility index (Phi) is 4.71. The molecule has 1 rings (SSSR count). The number of hydrogen-bond acceptors (Lipinski definition) is 5. The molecule has 0 fully saturated rings. The van der Waals surface area contributed by atoms with Gasteiger partial charge in [-0.3, -0.25) is 4.79 Å². The molecule has 0 aliphatic rings. The molecule has 0 saturated heterocycles. The molecule has 1 heterocycles. The highest BCUT2D eigenvalue weighted by Gasteiger charge is 2.11. The Balaban J connectivity index is 2.73. The van der Waals surface area contributed by atoms with Gasteiger partial charge in [0.05, 0.1) is 23.6 Å². The molecule has 0 saturated carbocycles. The van der Waals surface area contributed by atoms with Crippen molar-refractivity contribution in [2.75, 3.05) is 24.2 Å². The lowest BCUT2D eigenvalue weighted by Gasteiger charge is -2.14. The van der Waals surface area contributed by atoms with Crippen molar-refractivity contribution in [1.82, 2.24) is 4.98 Å². The van der Waals surface area contributed by atoms with Crippen LogP contribution in [0.15, 0.2) is 12.3 Å². The first-order chi connectivity index (χ1) is 8.04. The van der Waals surface area contributed by atoms with Crippen LogP contribution in [0.5, 0.6) is 0 Å². The third kappa shape index (κ3) is 3.92. The van der Waals surface area contributed by atoms with Gasteiger partial charge in [-0.05, 0) is 19.9 Å². The average Bonchev–Trinajstić information content (AvgIpc) is 2.27. The molecule has 0 spiro atoms. The fourth-order valence-electron chi connectivity index (χ4n) is 1.39. The maximum atomic E-state index is 11.2. The second-order valence-electron chi connectivity index (χ2n) is 3.68.